The minimum atomic E-state index is 0.718. The number of hydroxylamine groups is 2. The second-order valence-corrected chi connectivity index (χ2v) is 3.05. The Morgan fingerprint density at radius 3 is 2.33 bits per heavy atom. The summed E-state index contributed by atoms with van der Waals surface area (Å²) in [5, 5.41) is 13.8. The number of nitrogens with one attached hydrogen (secondary N) is 1. The van der Waals surface area contributed by atoms with Gasteiger partial charge in [-0.1, -0.05) is 0 Å². The first kappa shape index (κ1) is 5.65. The molecule has 0 aromatic carbocycles. The van der Waals surface area contributed by atoms with Crippen LogP contribution in [0.1, 0.15) is 0 Å². The standard InChI is InChI=1S/C6H12N2O/c9-8-3-5-1-7-2-6(5)4-8/h5-7,9H,1-4H2/t5-,6+. The van der Waals surface area contributed by atoms with Crippen LogP contribution in [0.15, 0.2) is 0 Å². The van der Waals surface area contributed by atoms with Gasteiger partial charge in [0.15, 0.2) is 0 Å². The minimum Gasteiger partial charge on any atom is -0.316 e. The van der Waals surface area contributed by atoms with Crippen molar-refractivity contribution >= 4 is 0 Å². The lowest BCUT2D eigenvalue weighted by atomic mass is 10.0. The summed E-state index contributed by atoms with van der Waals surface area (Å²) in [4.78, 5) is 0. The molecule has 0 aromatic heterocycles. The maximum atomic E-state index is 9.04. The van der Waals surface area contributed by atoms with Crippen molar-refractivity contribution in [1.29, 1.82) is 0 Å². The Kier molecular flexibility index (Phi) is 1.22. The summed E-state index contributed by atoms with van der Waals surface area (Å²) in [6, 6.07) is 0. The largest absolute Gasteiger partial charge is 0.316 e. The van der Waals surface area contributed by atoms with Gasteiger partial charge in [0.1, 0.15) is 0 Å². The molecule has 0 unspecified atom stereocenters. The summed E-state index contributed by atoms with van der Waals surface area (Å²) in [5.41, 5.74) is 0. The van der Waals surface area contributed by atoms with Crippen molar-refractivity contribution in [2.75, 3.05) is 26.2 Å². The van der Waals surface area contributed by atoms with Gasteiger partial charge in [0.25, 0.3) is 0 Å². The van der Waals surface area contributed by atoms with Gasteiger partial charge >= 0.3 is 0 Å². The van der Waals surface area contributed by atoms with E-state index in [0.717, 1.165) is 38.0 Å². The van der Waals surface area contributed by atoms with E-state index < -0.39 is 0 Å². The van der Waals surface area contributed by atoms with Crippen molar-refractivity contribution in [1.82, 2.24) is 10.4 Å². The Balaban J connectivity index is 2.02. The second-order valence-electron chi connectivity index (χ2n) is 3.05. The number of nitrogens with zero attached hydrogens (tertiary/aromatic N) is 1. The maximum absolute atomic E-state index is 9.04. The van der Waals surface area contributed by atoms with E-state index in [9.17, 15) is 0 Å². The summed E-state index contributed by atoms with van der Waals surface area (Å²) in [5.74, 6) is 1.44. The molecular weight excluding hydrogens is 116 g/mol. The number of hydrogen-bond donors (Lipinski definition) is 2. The molecule has 2 fully saturated rings. The zero-order chi connectivity index (χ0) is 6.27. The molecule has 0 aliphatic carbocycles. The zero-order valence-electron chi connectivity index (χ0n) is 5.38. The fourth-order valence-electron chi connectivity index (χ4n) is 1.83. The van der Waals surface area contributed by atoms with Gasteiger partial charge in [0, 0.05) is 13.1 Å². The van der Waals surface area contributed by atoms with Gasteiger partial charge in [-0.3, -0.25) is 0 Å². The van der Waals surface area contributed by atoms with Crippen LogP contribution in [0.3, 0.4) is 0 Å². The van der Waals surface area contributed by atoms with Crippen molar-refractivity contribution in [3.8, 4) is 0 Å². The first-order valence-corrected chi connectivity index (χ1v) is 3.51. The SMILES string of the molecule is ON1C[C@H]2CNC[C@H]2C1. The Morgan fingerprint density at radius 2 is 1.78 bits per heavy atom. The minimum absolute atomic E-state index is 0.718. The van der Waals surface area contributed by atoms with Crippen molar-refractivity contribution in [2.45, 2.75) is 0 Å². The molecular formula is C6H12N2O. The van der Waals surface area contributed by atoms with Crippen LogP contribution in [0.4, 0.5) is 0 Å². The quantitative estimate of drug-likeness (QED) is 0.463. The molecule has 2 rings (SSSR count). The smallest absolute Gasteiger partial charge is 0.0282 e. The van der Waals surface area contributed by atoms with Gasteiger partial charge in [-0.2, -0.15) is 5.06 Å². The fraction of sp³-hybridized carbons (Fsp3) is 1.00. The third-order valence-corrected chi connectivity index (χ3v) is 2.37. The van der Waals surface area contributed by atoms with Gasteiger partial charge in [-0.25, -0.2) is 0 Å². The highest BCUT2D eigenvalue weighted by Gasteiger charge is 2.35. The molecule has 0 saturated carbocycles. The van der Waals surface area contributed by atoms with Gasteiger partial charge in [-0.05, 0) is 24.9 Å². The van der Waals surface area contributed by atoms with Gasteiger partial charge in [0.2, 0.25) is 0 Å². The van der Waals surface area contributed by atoms with E-state index in [1.54, 1.807) is 0 Å². The monoisotopic (exact) mass is 128 g/mol. The average molecular weight is 128 g/mol. The molecule has 2 atom stereocenters. The Labute approximate surface area is 54.6 Å². The van der Waals surface area contributed by atoms with Crippen LogP contribution in [0.2, 0.25) is 0 Å². The van der Waals surface area contributed by atoms with Crippen molar-refractivity contribution in [3.05, 3.63) is 0 Å². The Hall–Kier alpha value is -0.120. The van der Waals surface area contributed by atoms with E-state index in [4.69, 9.17) is 5.21 Å². The first-order valence-electron chi connectivity index (χ1n) is 3.51. The molecule has 3 nitrogen and oxygen atoms in total. The van der Waals surface area contributed by atoms with Gasteiger partial charge < -0.3 is 10.5 Å². The molecule has 2 aliphatic heterocycles. The van der Waals surface area contributed by atoms with Crippen LogP contribution in [0.5, 0.6) is 0 Å². The predicted octanol–water partition coefficient (Wildman–Crippen LogP) is -0.473. The first-order chi connectivity index (χ1) is 4.36. The van der Waals surface area contributed by atoms with Crippen LogP contribution in [-0.4, -0.2) is 36.4 Å². The molecule has 2 saturated heterocycles. The second kappa shape index (κ2) is 1.94. The Morgan fingerprint density at radius 1 is 1.22 bits per heavy atom. The Bertz CT molecular complexity index is 106. The molecule has 0 bridgehead atoms. The van der Waals surface area contributed by atoms with Crippen LogP contribution >= 0.6 is 0 Å². The lowest BCUT2D eigenvalue weighted by Gasteiger charge is -2.05. The molecule has 2 N–H and O–H groups in total. The molecule has 0 amide bonds. The summed E-state index contributed by atoms with van der Waals surface area (Å²) in [7, 11) is 0. The summed E-state index contributed by atoms with van der Waals surface area (Å²) in [6.45, 7) is 3.94. The van der Waals surface area contributed by atoms with Gasteiger partial charge in [0.05, 0.1) is 0 Å². The fourth-order valence-corrected chi connectivity index (χ4v) is 1.83. The van der Waals surface area contributed by atoms with Crippen LogP contribution in [-0.2, 0) is 0 Å². The molecule has 2 heterocycles. The molecule has 3 heteroatoms. The van der Waals surface area contributed by atoms with Crippen molar-refractivity contribution < 1.29 is 5.21 Å². The van der Waals surface area contributed by atoms with E-state index in [0.29, 0.717) is 0 Å². The van der Waals surface area contributed by atoms with Crippen LogP contribution < -0.4 is 5.32 Å². The molecule has 52 valence electrons. The maximum Gasteiger partial charge on any atom is 0.0282 e. The summed E-state index contributed by atoms with van der Waals surface area (Å²) < 4.78 is 0. The van der Waals surface area contributed by atoms with E-state index in [1.807, 2.05) is 0 Å². The average Bonchev–Trinajstić information content (AvgIpc) is 2.22. The van der Waals surface area contributed by atoms with Crippen LogP contribution in [0.25, 0.3) is 0 Å². The summed E-state index contributed by atoms with van der Waals surface area (Å²) >= 11 is 0. The van der Waals surface area contributed by atoms with E-state index >= 15 is 0 Å². The zero-order valence-corrected chi connectivity index (χ0v) is 5.38. The molecule has 2 aliphatic rings. The number of fused-ring (bicyclic) bond motifs is 1. The highest BCUT2D eigenvalue weighted by atomic mass is 16.5. The van der Waals surface area contributed by atoms with E-state index in [1.165, 1.54) is 5.06 Å². The lowest BCUT2D eigenvalue weighted by Crippen LogP contribution is -2.22. The highest BCUT2D eigenvalue weighted by molar-refractivity contribution is 4.88. The molecule has 0 radical (unpaired) electrons. The van der Waals surface area contributed by atoms with Crippen LogP contribution in [0, 0.1) is 11.8 Å². The van der Waals surface area contributed by atoms with E-state index in [-0.39, 0.29) is 0 Å². The third-order valence-electron chi connectivity index (χ3n) is 2.37. The normalized spacial score (nSPS) is 43.7. The van der Waals surface area contributed by atoms with Crippen molar-refractivity contribution in [2.24, 2.45) is 11.8 Å². The number of rotatable bonds is 0. The molecule has 0 aromatic rings. The lowest BCUT2D eigenvalue weighted by molar-refractivity contribution is -0.0745. The highest BCUT2D eigenvalue weighted by Crippen LogP contribution is 2.24. The third kappa shape index (κ3) is 0.852. The molecule has 9 heavy (non-hydrogen) atoms. The summed E-state index contributed by atoms with van der Waals surface area (Å²) in [6.07, 6.45) is 0. The number of hydrogen-bond acceptors (Lipinski definition) is 3. The van der Waals surface area contributed by atoms with E-state index in [2.05, 4.69) is 5.32 Å². The molecule has 0 spiro atoms. The van der Waals surface area contributed by atoms with Crippen molar-refractivity contribution in [3.63, 3.8) is 0 Å². The predicted molar refractivity (Wildman–Crippen MR) is 33.2 cm³/mol. The topological polar surface area (TPSA) is 35.5 Å². The van der Waals surface area contributed by atoms with Gasteiger partial charge in [-0.15, -0.1) is 0 Å².